The van der Waals surface area contributed by atoms with Gasteiger partial charge in [-0.2, -0.15) is 0 Å². The van der Waals surface area contributed by atoms with Crippen LogP contribution >= 0.6 is 11.3 Å². The molecule has 0 unspecified atom stereocenters. The van der Waals surface area contributed by atoms with E-state index in [0.717, 1.165) is 19.0 Å². The molecule has 0 bridgehead atoms. The molecule has 0 aromatic carbocycles. The first-order chi connectivity index (χ1) is 8.38. The number of thiophene rings is 1. The molecule has 1 saturated carbocycles. The third-order valence-corrected chi connectivity index (χ3v) is 4.55. The smallest absolute Gasteiger partial charge is 0.0300 e. The van der Waals surface area contributed by atoms with E-state index in [9.17, 15) is 0 Å². The first kappa shape index (κ1) is 13.1. The third kappa shape index (κ3) is 4.41. The van der Waals surface area contributed by atoms with Crippen LogP contribution in [-0.2, 0) is 6.54 Å². The zero-order chi connectivity index (χ0) is 11.9. The highest BCUT2D eigenvalue weighted by Crippen LogP contribution is 2.26. The van der Waals surface area contributed by atoms with Crippen molar-refractivity contribution >= 4 is 11.3 Å². The molecule has 1 aliphatic rings. The van der Waals surface area contributed by atoms with Gasteiger partial charge < -0.3 is 10.2 Å². The van der Waals surface area contributed by atoms with E-state index in [1.165, 1.54) is 43.8 Å². The Balaban J connectivity index is 1.55. The molecule has 0 aliphatic heterocycles. The Morgan fingerprint density at radius 2 is 2.35 bits per heavy atom. The second-order valence-electron chi connectivity index (χ2n) is 4.95. The highest BCUT2D eigenvalue weighted by molar-refractivity contribution is 7.09. The van der Waals surface area contributed by atoms with Crippen molar-refractivity contribution in [2.45, 2.75) is 32.7 Å². The number of nitrogens with zero attached hydrogens (tertiary/aromatic N) is 1. The van der Waals surface area contributed by atoms with Crippen molar-refractivity contribution in [3.8, 4) is 0 Å². The van der Waals surface area contributed by atoms with Gasteiger partial charge in [0, 0.05) is 31.1 Å². The van der Waals surface area contributed by atoms with E-state index in [0.29, 0.717) is 0 Å². The van der Waals surface area contributed by atoms with E-state index in [1.54, 1.807) is 0 Å². The van der Waals surface area contributed by atoms with Gasteiger partial charge in [0.15, 0.2) is 0 Å². The van der Waals surface area contributed by atoms with Gasteiger partial charge in [-0.15, -0.1) is 11.3 Å². The molecule has 1 N–H and O–H groups in total. The van der Waals surface area contributed by atoms with Crippen LogP contribution in [0.5, 0.6) is 0 Å². The molecule has 2 nitrogen and oxygen atoms in total. The molecule has 1 aromatic rings. The molecule has 1 fully saturated rings. The summed E-state index contributed by atoms with van der Waals surface area (Å²) in [6, 6.07) is 4.32. The van der Waals surface area contributed by atoms with Gasteiger partial charge in [0.2, 0.25) is 0 Å². The molecular formula is C14H24N2S. The fourth-order valence-electron chi connectivity index (χ4n) is 2.28. The summed E-state index contributed by atoms with van der Waals surface area (Å²) in [6.45, 7) is 8.11. The van der Waals surface area contributed by atoms with Gasteiger partial charge in [-0.3, -0.25) is 0 Å². The second kappa shape index (κ2) is 7.14. The quantitative estimate of drug-likeness (QED) is 0.716. The summed E-state index contributed by atoms with van der Waals surface area (Å²) in [7, 11) is 0. The maximum Gasteiger partial charge on any atom is 0.0300 e. The van der Waals surface area contributed by atoms with Crippen LogP contribution in [0.1, 0.15) is 31.1 Å². The fourth-order valence-corrected chi connectivity index (χ4v) is 2.96. The van der Waals surface area contributed by atoms with E-state index in [-0.39, 0.29) is 0 Å². The van der Waals surface area contributed by atoms with Crippen LogP contribution < -0.4 is 5.32 Å². The lowest BCUT2D eigenvalue weighted by atomic mass is 9.85. The monoisotopic (exact) mass is 252 g/mol. The van der Waals surface area contributed by atoms with Crippen LogP contribution in [0, 0.1) is 5.92 Å². The maximum atomic E-state index is 3.53. The minimum atomic E-state index is 0.993. The molecule has 0 spiro atoms. The highest BCUT2D eigenvalue weighted by Gasteiger charge is 2.19. The lowest BCUT2D eigenvalue weighted by molar-refractivity contribution is 0.184. The molecule has 2 rings (SSSR count). The van der Waals surface area contributed by atoms with Crippen molar-refractivity contribution in [1.82, 2.24) is 10.2 Å². The van der Waals surface area contributed by atoms with Gasteiger partial charge in [0.1, 0.15) is 0 Å². The normalized spacial score (nSPS) is 16.4. The van der Waals surface area contributed by atoms with Crippen LogP contribution in [0.4, 0.5) is 0 Å². The number of likely N-dealkylation sites (N-methyl/N-ethyl adjacent to an activating group) is 1. The van der Waals surface area contributed by atoms with Gasteiger partial charge in [-0.25, -0.2) is 0 Å². The van der Waals surface area contributed by atoms with Crippen LogP contribution in [-0.4, -0.2) is 31.1 Å². The van der Waals surface area contributed by atoms with Crippen molar-refractivity contribution in [3.05, 3.63) is 22.4 Å². The molecule has 3 heteroatoms. The summed E-state index contributed by atoms with van der Waals surface area (Å²) in [5.74, 6) is 0.993. The summed E-state index contributed by atoms with van der Waals surface area (Å²) < 4.78 is 0. The largest absolute Gasteiger partial charge is 0.311 e. The third-order valence-electron chi connectivity index (χ3n) is 3.67. The Kier molecular flexibility index (Phi) is 5.49. The molecule has 96 valence electrons. The lowest BCUT2D eigenvalue weighted by Gasteiger charge is -2.31. The molecule has 17 heavy (non-hydrogen) atoms. The van der Waals surface area contributed by atoms with Crippen LogP contribution in [0.15, 0.2) is 17.5 Å². The fraction of sp³-hybridized carbons (Fsp3) is 0.714. The second-order valence-corrected chi connectivity index (χ2v) is 5.98. The van der Waals surface area contributed by atoms with Crippen molar-refractivity contribution < 1.29 is 0 Å². The van der Waals surface area contributed by atoms with Crippen LogP contribution in [0.25, 0.3) is 0 Å². The van der Waals surface area contributed by atoms with E-state index in [4.69, 9.17) is 0 Å². The van der Waals surface area contributed by atoms with Crippen LogP contribution in [0.3, 0.4) is 0 Å². The molecule has 1 aromatic heterocycles. The van der Waals surface area contributed by atoms with E-state index < -0.39 is 0 Å². The standard InChI is InChI=1S/C14H24N2S/c1-2-16(12-13-5-3-6-13)9-8-15-11-14-7-4-10-17-14/h4,7,10,13,15H,2-3,5-6,8-9,11-12H2,1H3. The summed E-state index contributed by atoms with van der Waals surface area (Å²) in [5.41, 5.74) is 0. The summed E-state index contributed by atoms with van der Waals surface area (Å²) in [6.07, 6.45) is 4.37. The van der Waals surface area contributed by atoms with E-state index in [2.05, 4.69) is 34.7 Å². The Morgan fingerprint density at radius 3 is 2.94 bits per heavy atom. The highest BCUT2D eigenvalue weighted by atomic mass is 32.1. The minimum absolute atomic E-state index is 0.993. The van der Waals surface area contributed by atoms with Gasteiger partial charge in [0.05, 0.1) is 0 Å². The van der Waals surface area contributed by atoms with Gasteiger partial charge in [-0.05, 0) is 36.8 Å². The first-order valence-electron chi connectivity index (χ1n) is 6.84. The Morgan fingerprint density at radius 1 is 1.47 bits per heavy atom. The van der Waals surface area contributed by atoms with Crippen LogP contribution in [0.2, 0.25) is 0 Å². The number of hydrogen-bond acceptors (Lipinski definition) is 3. The average Bonchev–Trinajstić information content (AvgIpc) is 2.78. The predicted molar refractivity (Wildman–Crippen MR) is 75.5 cm³/mol. The van der Waals surface area contributed by atoms with Gasteiger partial charge in [-0.1, -0.05) is 19.4 Å². The Bertz CT molecular complexity index is 293. The van der Waals surface area contributed by atoms with Crippen molar-refractivity contribution in [1.29, 1.82) is 0 Å². The number of hydrogen-bond donors (Lipinski definition) is 1. The molecule has 0 radical (unpaired) electrons. The van der Waals surface area contributed by atoms with Gasteiger partial charge >= 0.3 is 0 Å². The predicted octanol–water partition coefficient (Wildman–Crippen LogP) is 2.96. The topological polar surface area (TPSA) is 15.3 Å². The Labute approximate surface area is 109 Å². The zero-order valence-electron chi connectivity index (χ0n) is 10.8. The molecule has 1 heterocycles. The van der Waals surface area contributed by atoms with E-state index >= 15 is 0 Å². The van der Waals surface area contributed by atoms with Gasteiger partial charge in [0.25, 0.3) is 0 Å². The lowest BCUT2D eigenvalue weighted by Crippen LogP contribution is -2.37. The van der Waals surface area contributed by atoms with E-state index in [1.807, 2.05) is 11.3 Å². The number of nitrogens with one attached hydrogen (secondary N) is 1. The molecule has 0 saturated heterocycles. The SMILES string of the molecule is CCN(CCNCc1cccs1)CC1CCC1. The molecular weight excluding hydrogens is 228 g/mol. The van der Waals surface area contributed by atoms with Crippen molar-refractivity contribution in [2.24, 2.45) is 5.92 Å². The summed E-state index contributed by atoms with van der Waals surface area (Å²) in [5, 5.41) is 5.68. The molecule has 0 amide bonds. The molecule has 1 aliphatic carbocycles. The van der Waals surface area contributed by atoms with Crippen molar-refractivity contribution in [2.75, 3.05) is 26.2 Å². The molecule has 0 atom stereocenters. The summed E-state index contributed by atoms with van der Waals surface area (Å²) in [4.78, 5) is 4.03. The average molecular weight is 252 g/mol. The summed E-state index contributed by atoms with van der Waals surface area (Å²) >= 11 is 1.83. The zero-order valence-corrected chi connectivity index (χ0v) is 11.6. The Hall–Kier alpha value is -0.380. The maximum absolute atomic E-state index is 3.53. The first-order valence-corrected chi connectivity index (χ1v) is 7.72. The number of rotatable bonds is 8. The minimum Gasteiger partial charge on any atom is -0.311 e. The van der Waals surface area contributed by atoms with Crippen molar-refractivity contribution in [3.63, 3.8) is 0 Å².